The molecule has 6 heterocycles. The summed E-state index contributed by atoms with van der Waals surface area (Å²) in [6.45, 7) is 4.65. The van der Waals surface area contributed by atoms with Crippen molar-refractivity contribution in [1.82, 2.24) is 38.2 Å². The average molecular weight is 1590 g/mol. The number of benzene rings is 20. The van der Waals surface area contributed by atoms with Crippen molar-refractivity contribution in [2.75, 3.05) is 0 Å². The molecule has 0 saturated heterocycles. The molecular weight excluding hydrogens is 1520 g/mol. The van der Waals surface area contributed by atoms with Gasteiger partial charge in [0.25, 0.3) is 0 Å². The Morgan fingerprint density at radius 1 is 0.192 bits per heavy atom. The Hall–Kier alpha value is -16.4. The van der Waals surface area contributed by atoms with Gasteiger partial charge in [0.2, 0.25) is 0 Å². The van der Waals surface area contributed by atoms with Crippen molar-refractivity contribution in [1.29, 1.82) is 0 Å². The van der Waals surface area contributed by atoms with Crippen LogP contribution in [0.3, 0.4) is 0 Å². The van der Waals surface area contributed by atoms with Gasteiger partial charge < -0.3 is 18.3 Å². The fourth-order valence-electron chi connectivity index (χ4n) is 20.9. The zero-order chi connectivity index (χ0) is 82.3. The van der Waals surface area contributed by atoms with Crippen molar-refractivity contribution in [3.8, 4) is 79.2 Å². The molecule has 0 unspecified atom stereocenters. The molecule has 8 nitrogen and oxygen atoms in total. The highest BCUT2D eigenvalue weighted by Gasteiger charge is 2.36. The summed E-state index contributed by atoms with van der Waals surface area (Å²) in [6, 6.07) is 150. The Labute approximate surface area is 718 Å². The summed E-state index contributed by atoms with van der Waals surface area (Å²) in [4.78, 5) is 21.1. The normalized spacial score (nSPS) is 12.6. The summed E-state index contributed by atoms with van der Waals surface area (Å²) >= 11 is 0. The number of para-hydroxylation sites is 8. The maximum atomic E-state index is 5.48. The molecule has 20 aromatic carbocycles. The minimum atomic E-state index is -0.122. The number of nitrogens with zero attached hydrogens (tertiary/aromatic N) is 8. The summed E-state index contributed by atoms with van der Waals surface area (Å²) in [6.07, 6.45) is 0. The highest BCUT2D eigenvalue weighted by molar-refractivity contribution is 6.19. The molecule has 1 aliphatic rings. The number of hydrogen-bond donors (Lipinski definition) is 0. The number of aromatic nitrogens is 8. The Kier molecular flexibility index (Phi) is 15.4. The molecule has 26 aromatic rings. The molecule has 1 aliphatic carbocycles. The van der Waals surface area contributed by atoms with Crippen LogP contribution in [-0.2, 0) is 5.41 Å². The summed E-state index contributed by atoms with van der Waals surface area (Å²) < 4.78 is 9.66. The lowest BCUT2D eigenvalue weighted by Gasteiger charge is -2.22. The summed E-state index contributed by atoms with van der Waals surface area (Å²) in [7, 11) is 0. The van der Waals surface area contributed by atoms with E-state index in [1.807, 2.05) is 0 Å². The Morgan fingerprint density at radius 2 is 0.568 bits per heavy atom. The molecule has 0 atom stereocenters. The topological polar surface area (TPSA) is 71.3 Å². The fraction of sp³-hybridized carbons (Fsp3) is 0.0256. The summed E-state index contributed by atoms with van der Waals surface area (Å²) in [5.41, 5.74) is 27.2. The first-order valence-electron chi connectivity index (χ1n) is 43.0. The zero-order valence-electron chi connectivity index (χ0n) is 68.3. The van der Waals surface area contributed by atoms with Crippen molar-refractivity contribution in [2.24, 2.45) is 0 Å². The zero-order valence-corrected chi connectivity index (χ0v) is 68.3. The second-order valence-electron chi connectivity index (χ2n) is 34.0. The number of rotatable bonds is 8. The maximum Gasteiger partial charge on any atom is 0.160 e. The Bertz CT molecular complexity index is 9000. The molecule has 0 bridgehead atoms. The van der Waals surface area contributed by atoms with Gasteiger partial charge in [-0.3, -0.25) is 0 Å². The smallest absolute Gasteiger partial charge is 0.160 e. The lowest BCUT2D eigenvalue weighted by molar-refractivity contribution is 0.660. The van der Waals surface area contributed by atoms with Crippen LogP contribution in [-0.4, -0.2) is 38.2 Å². The van der Waals surface area contributed by atoms with Gasteiger partial charge in [0.15, 0.2) is 11.6 Å². The number of hydrogen-bond acceptors (Lipinski definition) is 4. The molecule has 0 aliphatic heterocycles. The predicted octanol–water partition coefficient (Wildman–Crippen LogP) is 30.4. The first kappa shape index (κ1) is 70.4. The van der Waals surface area contributed by atoms with E-state index >= 15 is 0 Å². The minimum absolute atomic E-state index is 0.122. The van der Waals surface area contributed by atoms with Crippen molar-refractivity contribution in [2.45, 2.75) is 19.3 Å². The fourth-order valence-corrected chi connectivity index (χ4v) is 20.9. The highest BCUT2D eigenvalue weighted by atomic mass is 15.0. The van der Waals surface area contributed by atoms with Crippen LogP contribution in [0.2, 0.25) is 0 Å². The van der Waals surface area contributed by atoms with Gasteiger partial charge in [-0.15, -0.1) is 0 Å². The third-order valence-electron chi connectivity index (χ3n) is 26.8. The van der Waals surface area contributed by atoms with Crippen molar-refractivity contribution in [3.63, 3.8) is 0 Å². The lowest BCUT2D eigenvalue weighted by Crippen LogP contribution is -2.15. The van der Waals surface area contributed by atoms with Crippen LogP contribution in [0.15, 0.2) is 413 Å². The lowest BCUT2D eigenvalue weighted by atomic mass is 9.82. The molecule has 0 spiro atoms. The highest BCUT2D eigenvalue weighted by Crippen LogP contribution is 2.51. The van der Waals surface area contributed by atoms with E-state index in [0.717, 1.165) is 101 Å². The molecule has 8 heteroatoms. The van der Waals surface area contributed by atoms with E-state index in [1.54, 1.807) is 0 Å². The molecule has 0 radical (unpaired) electrons. The van der Waals surface area contributed by atoms with Gasteiger partial charge in [0.05, 0.1) is 72.2 Å². The van der Waals surface area contributed by atoms with Crippen LogP contribution in [0.5, 0.6) is 0 Å². The van der Waals surface area contributed by atoms with Crippen LogP contribution in [0.25, 0.3) is 242 Å². The largest absolute Gasteiger partial charge is 0.309 e. The third-order valence-corrected chi connectivity index (χ3v) is 26.8. The van der Waals surface area contributed by atoms with Crippen molar-refractivity contribution in [3.05, 3.63) is 424 Å². The van der Waals surface area contributed by atoms with Crippen LogP contribution < -0.4 is 0 Å². The van der Waals surface area contributed by atoms with Crippen LogP contribution in [0.4, 0.5) is 0 Å². The van der Waals surface area contributed by atoms with E-state index in [2.05, 4.69) is 445 Å². The average Bonchev–Trinajstić information content (AvgIpc) is 1.59. The first-order chi connectivity index (χ1) is 61.7. The predicted molar refractivity (Wildman–Crippen MR) is 523 cm³/mol. The molecule has 0 fully saturated rings. The van der Waals surface area contributed by atoms with E-state index in [9.17, 15) is 0 Å². The molecule has 0 N–H and O–H groups in total. The monoisotopic (exact) mass is 1590 g/mol. The number of fused-ring (bicyclic) bond motifs is 23. The molecule has 125 heavy (non-hydrogen) atoms. The molecule has 6 aromatic heterocycles. The maximum absolute atomic E-state index is 5.48. The van der Waals surface area contributed by atoms with Gasteiger partial charge in [-0.2, -0.15) is 0 Å². The van der Waals surface area contributed by atoms with Crippen LogP contribution in [0, 0.1) is 0 Å². The standard InChI is InChI=1S/C61H40N4.C56H34N4/c1-61(2)51-22-10-5-16-42(51)43-30-28-38(35-52(43)61)60-62-53-23-11-6-21-49(53)59(63-60)48-31-32-57(44-17-4-3-15-41(44)48)65-56-26-14-9-20-47(56)50-34-39-33-40(29-27-37(39)36-58(50)65)64-54-24-12-7-18-45(54)46-19-8-13-25-55(46)64;1-2-12-43-35(11-1)21-22-36-23-24-39(32-48(36)43)56-57-50-17-7-3-16-47(50)55(58-56)37-25-28-41(29-26-37)59-53-20-10-6-15-46(53)49-33-40-31-42(30-27-38(40)34-54(49)59)60-51-18-8-4-13-44(51)45-14-5-9-19-52(45)60/h3-36H,1-2H3;1-34H. The quantitative estimate of drug-likeness (QED) is 0.142. The Morgan fingerprint density at radius 3 is 1.14 bits per heavy atom. The Balaban J connectivity index is 0.000000134. The van der Waals surface area contributed by atoms with Gasteiger partial charge in [-0.25, -0.2) is 19.9 Å². The van der Waals surface area contributed by atoms with E-state index < -0.39 is 0 Å². The second-order valence-corrected chi connectivity index (χ2v) is 34.0. The summed E-state index contributed by atoms with van der Waals surface area (Å²) in [5.74, 6) is 1.45. The van der Waals surface area contributed by atoms with Gasteiger partial charge in [-0.1, -0.05) is 299 Å². The second kappa shape index (κ2) is 27.3. The van der Waals surface area contributed by atoms with Gasteiger partial charge in [0.1, 0.15) is 0 Å². The van der Waals surface area contributed by atoms with Gasteiger partial charge >= 0.3 is 0 Å². The molecule has 0 amide bonds. The molecule has 582 valence electrons. The van der Waals surface area contributed by atoms with Crippen LogP contribution >= 0.6 is 0 Å². The molecule has 27 rings (SSSR count). The molecule has 0 saturated carbocycles. The van der Waals surface area contributed by atoms with E-state index in [4.69, 9.17) is 19.9 Å². The van der Waals surface area contributed by atoms with E-state index in [1.165, 1.54) is 153 Å². The minimum Gasteiger partial charge on any atom is -0.309 e. The van der Waals surface area contributed by atoms with E-state index in [0.29, 0.717) is 0 Å². The van der Waals surface area contributed by atoms with Crippen molar-refractivity contribution >= 4 is 163 Å². The van der Waals surface area contributed by atoms with E-state index in [-0.39, 0.29) is 5.41 Å². The molecular formula is C117H74N8. The first-order valence-corrected chi connectivity index (χ1v) is 43.0. The van der Waals surface area contributed by atoms with Crippen LogP contribution in [0.1, 0.15) is 25.0 Å². The summed E-state index contributed by atoms with van der Waals surface area (Å²) in [5, 5.41) is 24.1. The third kappa shape index (κ3) is 10.8. The van der Waals surface area contributed by atoms with Gasteiger partial charge in [0, 0.05) is 104 Å². The van der Waals surface area contributed by atoms with Gasteiger partial charge in [-0.05, 0) is 198 Å². The van der Waals surface area contributed by atoms with Crippen molar-refractivity contribution < 1.29 is 0 Å². The SMILES string of the molecule is CC1(C)c2ccccc2-c2ccc(-c3nc(-c4ccc(-n5c6ccccc6c6cc7cc(-n8c9ccccc9c9ccccc98)ccc7cc65)c5ccccc45)c4ccccc4n3)cc21.c1ccc2c(c1)ccc1ccc(-c3nc(-c4ccc(-n5c6ccccc6c6cc7cc(-n8c9ccccc9c9ccccc98)ccc7cc65)cc4)c4ccccc4n3)cc12.